The topological polar surface area (TPSA) is 91.5 Å². The molecule has 0 aromatic carbocycles. The van der Waals surface area contributed by atoms with Crippen LogP contribution in [0, 0.1) is 0 Å². The highest BCUT2D eigenvalue weighted by atomic mass is 16.3. The van der Waals surface area contributed by atoms with Crippen LogP contribution in [0.5, 0.6) is 0 Å². The molecular weight excluding hydrogens is 296 g/mol. The molecule has 7 nitrogen and oxygen atoms in total. The average Bonchev–Trinajstić information content (AvgIpc) is 3.16. The summed E-state index contributed by atoms with van der Waals surface area (Å²) in [6.45, 7) is 4.73. The molecule has 0 radical (unpaired) electrons. The van der Waals surface area contributed by atoms with Crippen molar-refractivity contribution in [1.29, 1.82) is 0 Å². The van der Waals surface area contributed by atoms with Gasteiger partial charge in [0.25, 0.3) is 5.91 Å². The van der Waals surface area contributed by atoms with Crippen molar-refractivity contribution in [2.45, 2.75) is 69.6 Å². The van der Waals surface area contributed by atoms with E-state index < -0.39 is 11.2 Å². The summed E-state index contributed by atoms with van der Waals surface area (Å²) in [6, 6.07) is 0.167. The van der Waals surface area contributed by atoms with Gasteiger partial charge in [0.2, 0.25) is 0 Å². The summed E-state index contributed by atoms with van der Waals surface area (Å²) >= 11 is 0. The summed E-state index contributed by atoms with van der Waals surface area (Å²) in [5, 5.41) is 29.7. The first-order valence-corrected chi connectivity index (χ1v) is 8.50. The molecule has 1 aromatic heterocycles. The normalized spacial score (nSPS) is 27.6. The number of hydrogen-bond acceptors (Lipinski definition) is 5. The molecule has 2 N–H and O–H groups in total. The van der Waals surface area contributed by atoms with Gasteiger partial charge in [-0.15, -0.1) is 5.10 Å². The molecule has 1 saturated heterocycles. The van der Waals surface area contributed by atoms with Gasteiger partial charge in [-0.2, -0.15) is 0 Å². The predicted octanol–water partition coefficient (Wildman–Crippen LogP) is 0.974. The van der Waals surface area contributed by atoms with Crippen LogP contribution in [-0.2, 0) is 10.4 Å². The molecule has 2 aliphatic rings. The Morgan fingerprint density at radius 2 is 1.91 bits per heavy atom. The number of carbonyl (C=O) groups is 1. The van der Waals surface area contributed by atoms with Crippen molar-refractivity contribution in [3.05, 3.63) is 11.9 Å². The van der Waals surface area contributed by atoms with Crippen molar-refractivity contribution in [1.82, 2.24) is 19.9 Å². The molecule has 1 aromatic rings. The summed E-state index contributed by atoms with van der Waals surface area (Å²) in [7, 11) is 0. The number of likely N-dealkylation sites (tertiary alicyclic amines) is 1. The highest BCUT2D eigenvalue weighted by Crippen LogP contribution is 2.35. The smallest absolute Gasteiger partial charge is 0.254 e. The second-order valence-electron chi connectivity index (χ2n) is 7.28. The summed E-state index contributed by atoms with van der Waals surface area (Å²) in [4.78, 5) is 14.3. The number of rotatable bonds is 3. The fourth-order valence-electron chi connectivity index (χ4n) is 3.63. The van der Waals surface area contributed by atoms with E-state index in [9.17, 15) is 15.0 Å². The quantitative estimate of drug-likeness (QED) is 0.865. The highest BCUT2D eigenvalue weighted by Gasteiger charge is 2.46. The molecule has 7 heteroatoms. The third-order valence-corrected chi connectivity index (χ3v) is 5.10. The zero-order valence-corrected chi connectivity index (χ0v) is 13.9. The predicted molar refractivity (Wildman–Crippen MR) is 83.5 cm³/mol. The van der Waals surface area contributed by atoms with Gasteiger partial charge in [-0.1, -0.05) is 5.21 Å². The average molecular weight is 322 g/mol. The number of hydrogen-bond donors (Lipinski definition) is 2. The first-order valence-electron chi connectivity index (χ1n) is 8.50. The van der Waals surface area contributed by atoms with E-state index in [1.54, 1.807) is 15.8 Å². The first kappa shape index (κ1) is 16.4. The van der Waals surface area contributed by atoms with E-state index in [4.69, 9.17) is 0 Å². The second-order valence-corrected chi connectivity index (χ2v) is 7.28. The zero-order chi connectivity index (χ0) is 16.7. The number of aromatic nitrogens is 3. The van der Waals surface area contributed by atoms with Gasteiger partial charge in [0, 0.05) is 12.6 Å². The van der Waals surface area contributed by atoms with E-state index in [0.29, 0.717) is 37.9 Å². The maximum atomic E-state index is 12.7. The molecule has 1 aliphatic carbocycles. The van der Waals surface area contributed by atoms with E-state index in [2.05, 4.69) is 10.3 Å². The van der Waals surface area contributed by atoms with Crippen LogP contribution in [0.25, 0.3) is 0 Å². The Morgan fingerprint density at radius 3 is 2.52 bits per heavy atom. The molecule has 1 unspecified atom stereocenters. The Morgan fingerprint density at radius 1 is 1.22 bits per heavy atom. The van der Waals surface area contributed by atoms with Crippen molar-refractivity contribution >= 4 is 5.91 Å². The second kappa shape index (κ2) is 5.87. The fraction of sp³-hybridized carbons (Fsp3) is 0.812. The highest BCUT2D eigenvalue weighted by molar-refractivity contribution is 5.85. The molecule has 0 spiro atoms. The molecule has 1 aliphatic heterocycles. The number of nitrogens with zero attached hydrogens (tertiary/aromatic N) is 4. The van der Waals surface area contributed by atoms with Crippen molar-refractivity contribution in [3.63, 3.8) is 0 Å². The number of amides is 1. The Hall–Kier alpha value is -1.47. The summed E-state index contributed by atoms with van der Waals surface area (Å²) in [5.41, 5.74) is -1.92. The van der Waals surface area contributed by atoms with Gasteiger partial charge in [0.05, 0.1) is 12.7 Å². The lowest BCUT2D eigenvalue weighted by atomic mass is 9.88. The lowest BCUT2D eigenvalue weighted by Crippen LogP contribution is -2.55. The van der Waals surface area contributed by atoms with Gasteiger partial charge >= 0.3 is 0 Å². The largest absolute Gasteiger partial charge is 0.382 e. The lowest BCUT2D eigenvalue weighted by molar-refractivity contribution is -0.158. The van der Waals surface area contributed by atoms with E-state index in [1.165, 1.54) is 0 Å². The summed E-state index contributed by atoms with van der Waals surface area (Å²) in [6.07, 6.45) is 5.78. The zero-order valence-electron chi connectivity index (χ0n) is 13.9. The minimum atomic E-state index is -1.24. The van der Waals surface area contributed by atoms with Gasteiger partial charge in [-0.3, -0.25) is 4.79 Å². The van der Waals surface area contributed by atoms with E-state index in [-0.39, 0.29) is 18.5 Å². The monoisotopic (exact) mass is 322 g/mol. The maximum absolute atomic E-state index is 12.7. The molecule has 1 atom stereocenters. The number of carbonyl (C=O) groups excluding carboxylic acids is 1. The van der Waals surface area contributed by atoms with E-state index >= 15 is 0 Å². The van der Waals surface area contributed by atoms with Crippen LogP contribution in [0.2, 0.25) is 0 Å². The van der Waals surface area contributed by atoms with Crippen LogP contribution < -0.4 is 0 Å². The van der Waals surface area contributed by atoms with Gasteiger partial charge in [0.15, 0.2) is 0 Å². The first-order chi connectivity index (χ1) is 10.8. The molecule has 2 heterocycles. The molecule has 1 saturated carbocycles. The van der Waals surface area contributed by atoms with Gasteiger partial charge in [0.1, 0.15) is 16.9 Å². The van der Waals surface area contributed by atoms with Crippen LogP contribution in [0.15, 0.2) is 6.20 Å². The molecule has 1 amide bonds. The summed E-state index contributed by atoms with van der Waals surface area (Å²) in [5.74, 6) is -0.246. The minimum Gasteiger partial charge on any atom is -0.382 e. The third kappa shape index (κ3) is 2.99. The lowest BCUT2D eigenvalue weighted by Gasteiger charge is -2.40. The minimum absolute atomic E-state index is 0.167. The van der Waals surface area contributed by atoms with Gasteiger partial charge in [-0.25, -0.2) is 4.68 Å². The molecule has 3 rings (SSSR count). The number of aliphatic hydroxyl groups is 2. The Labute approximate surface area is 136 Å². The Kier molecular flexibility index (Phi) is 4.18. The Balaban J connectivity index is 1.77. The van der Waals surface area contributed by atoms with Crippen LogP contribution in [0.1, 0.15) is 64.1 Å². The van der Waals surface area contributed by atoms with Crippen LogP contribution in [-0.4, -0.2) is 54.7 Å². The SMILES string of the molecule is CC(C)n1cc(C2(O)CCCN(C(=O)C3(O)CCCC3)C2)nn1. The summed E-state index contributed by atoms with van der Waals surface area (Å²) < 4.78 is 1.71. The number of piperidine rings is 1. The van der Waals surface area contributed by atoms with Crippen molar-refractivity contribution < 1.29 is 15.0 Å². The van der Waals surface area contributed by atoms with Crippen molar-refractivity contribution in [2.75, 3.05) is 13.1 Å². The molecule has 128 valence electrons. The van der Waals surface area contributed by atoms with Gasteiger partial charge in [-0.05, 0) is 52.4 Å². The van der Waals surface area contributed by atoms with Crippen LogP contribution in [0.3, 0.4) is 0 Å². The van der Waals surface area contributed by atoms with Crippen molar-refractivity contribution in [2.24, 2.45) is 0 Å². The fourth-order valence-corrected chi connectivity index (χ4v) is 3.63. The van der Waals surface area contributed by atoms with Crippen molar-refractivity contribution in [3.8, 4) is 0 Å². The molecular formula is C16H26N4O3. The standard InChI is InChI=1S/C16H26N4O3/c1-12(2)20-10-13(17-18-20)16(23)8-5-9-19(11-16)14(21)15(22)6-3-4-7-15/h10,12,22-23H,3-9,11H2,1-2H3. The van der Waals surface area contributed by atoms with Crippen LogP contribution >= 0.6 is 0 Å². The number of β-amino-alcohol motifs (C(OH)–C–C–N with tert-alkyl or cyclic N) is 1. The Bertz CT molecular complexity index is 580. The van der Waals surface area contributed by atoms with E-state index in [1.807, 2.05) is 13.8 Å². The van der Waals surface area contributed by atoms with E-state index in [0.717, 1.165) is 12.8 Å². The van der Waals surface area contributed by atoms with Gasteiger partial charge < -0.3 is 15.1 Å². The maximum Gasteiger partial charge on any atom is 0.254 e. The molecule has 23 heavy (non-hydrogen) atoms. The molecule has 2 fully saturated rings. The van der Waals surface area contributed by atoms with Crippen LogP contribution in [0.4, 0.5) is 0 Å². The molecule has 0 bridgehead atoms. The third-order valence-electron chi connectivity index (χ3n) is 5.10.